The second-order valence-corrected chi connectivity index (χ2v) is 10.3. The smallest absolute Gasteiger partial charge is 0.243 e. The van der Waals surface area contributed by atoms with Gasteiger partial charge in [-0.15, -0.1) is 0 Å². The summed E-state index contributed by atoms with van der Waals surface area (Å²) in [7, 11) is -3.75. The van der Waals surface area contributed by atoms with Gasteiger partial charge in [0.15, 0.2) is 0 Å². The van der Waals surface area contributed by atoms with E-state index in [1.165, 1.54) is 4.31 Å². The Kier molecular flexibility index (Phi) is 6.55. The molecular formula is C24H23BrN2O3S. The molecular weight excluding hydrogens is 476 g/mol. The first-order valence-electron chi connectivity index (χ1n) is 10.1. The lowest BCUT2D eigenvalue weighted by atomic mass is 9.92. The summed E-state index contributed by atoms with van der Waals surface area (Å²) in [4.78, 5) is 13.0. The largest absolute Gasteiger partial charge is 0.352 e. The van der Waals surface area contributed by atoms with E-state index < -0.39 is 16.1 Å². The molecule has 3 aromatic rings. The molecule has 1 amide bonds. The molecule has 3 aromatic carbocycles. The van der Waals surface area contributed by atoms with Crippen molar-refractivity contribution < 1.29 is 13.2 Å². The zero-order valence-electron chi connectivity index (χ0n) is 16.9. The van der Waals surface area contributed by atoms with Gasteiger partial charge in [0, 0.05) is 24.0 Å². The summed E-state index contributed by atoms with van der Waals surface area (Å²) >= 11 is 3.35. The van der Waals surface area contributed by atoms with Gasteiger partial charge in [-0.05, 0) is 47.4 Å². The fourth-order valence-corrected chi connectivity index (χ4v) is 5.78. The molecule has 0 aliphatic carbocycles. The number of hydrogen-bond donors (Lipinski definition) is 1. The number of benzene rings is 3. The third kappa shape index (κ3) is 4.89. The average Bonchev–Trinajstić information content (AvgIpc) is 2.79. The number of amides is 1. The van der Waals surface area contributed by atoms with E-state index in [0.29, 0.717) is 19.5 Å². The van der Waals surface area contributed by atoms with Crippen LogP contribution in [-0.4, -0.2) is 25.2 Å². The first-order valence-corrected chi connectivity index (χ1v) is 12.3. The first-order chi connectivity index (χ1) is 14.9. The minimum atomic E-state index is -3.75. The molecule has 7 heteroatoms. The van der Waals surface area contributed by atoms with E-state index >= 15 is 0 Å². The quantitative estimate of drug-likeness (QED) is 0.546. The van der Waals surface area contributed by atoms with Crippen LogP contribution in [0, 0.1) is 0 Å². The number of sulfonamides is 1. The Morgan fingerprint density at radius 3 is 2.39 bits per heavy atom. The number of rotatable bonds is 6. The van der Waals surface area contributed by atoms with E-state index in [2.05, 4.69) is 21.2 Å². The van der Waals surface area contributed by atoms with E-state index in [1.807, 2.05) is 54.6 Å². The molecule has 0 saturated heterocycles. The molecule has 0 spiro atoms. The molecule has 0 bridgehead atoms. The topological polar surface area (TPSA) is 66.5 Å². The zero-order valence-corrected chi connectivity index (χ0v) is 19.3. The highest BCUT2D eigenvalue weighted by Crippen LogP contribution is 2.36. The van der Waals surface area contributed by atoms with Crippen LogP contribution in [0.15, 0.2) is 88.2 Å². The standard InChI is InChI=1S/C24H23BrN2O3S/c25-20-10-12-21(13-11-20)31(29,30)27-15-14-19-8-4-5-9-22(19)23(27)16-24(28)26-17-18-6-2-1-3-7-18/h1-13,23H,14-17H2,(H,26,28)/t23-/m1/s1. The molecule has 0 fully saturated rings. The van der Waals surface area contributed by atoms with Crippen molar-refractivity contribution in [3.05, 3.63) is 100 Å². The van der Waals surface area contributed by atoms with E-state index in [0.717, 1.165) is 21.2 Å². The van der Waals surface area contributed by atoms with Gasteiger partial charge in [0.1, 0.15) is 0 Å². The van der Waals surface area contributed by atoms with Gasteiger partial charge < -0.3 is 5.32 Å². The Hall–Kier alpha value is -2.48. The molecule has 1 N–H and O–H groups in total. The number of carbonyl (C=O) groups is 1. The monoisotopic (exact) mass is 498 g/mol. The number of halogens is 1. The lowest BCUT2D eigenvalue weighted by Crippen LogP contribution is -2.42. The average molecular weight is 499 g/mol. The summed E-state index contributed by atoms with van der Waals surface area (Å²) < 4.78 is 29.2. The highest BCUT2D eigenvalue weighted by atomic mass is 79.9. The molecule has 4 rings (SSSR count). The summed E-state index contributed by atoms with van der Waals surface area (Å²) in [6.45, 7) is 0.750. The Bertz CT molecular complexity index is 1160. The van der Waals surface area contributed by atoms with Gasteiger partial charge in [0.25, 0.3) is 0 Å². The van der Waals surface area contributed by atoms with Crippen LogP contribution in [0.1, 0.15) is 29.2 Å². The van der Waals surface area contributed by atoms with E-state index in [4.69, 9.17) is 0 Å². The highest BCUT2D eigenvalue weighted by Gasteiger charge is 2.37. The van der Waals surface area contributed by atoms with Gasteiger partial charge in [-0.1, -0.05) is 70.5 Å². The maximum Gasteiger partial charge on any atom is 0.243 e. The lowest BCUT2D eigenvalue weighted by Gasteiger charge is -2.36. The number of hydrogen-bond acceptors (Lipinski definition) is 3. The summed E-state index contributed by atoms with van der Waals surface area (Å²) in [6.07, 6.45) is 0.688. The Balaban J connectivity index is 1.60. The van der Waals surface area contributed by atoms with Crippen molar-refractivity contribution in [1.29, 1.82) is 0 Å². The third-order valence-electron chi connectivity index (χ3n) is 5.49. The third-order valence-corrected chi connectivity index (χ3v) is 7.95. The van der Waals surface area contributed by atoms with Crippen LogP contribution in [0.25, 0.3) is 0 Å². The van der Waals surface area contributed by atoms with Gasteiger partial charge in [0.2, 0.25) is 15.9 Å². The van der Waals surface area contributed by atoms with Crippen molar-refractivity contribution >= 4 is 31.9 Å². The molecule has 0 radical (unpaired) electrons. The van der Waals surface area contributed by atoms with Gasteiger partial charge in [0.05, 0.1) is 10.9 Å². The van der Waals surface area contributed by atoms with Gasteiger partial charge in [-0.3, -0.25) is 4.79 Å². The molecule has 1 aliphatic rings. The minimum absolute atomic E-state index is 0.0691. The summed E-state index contributed by atoms with van der Waals surface area (Å²) in [6, 6.07) is 23.5. The van der Waals surface area contributed by atoms with Crippen LogP contribution < -0.4 is 5.32 Å². The van der Waals surface area contributed by atoms with Crippen LogP contribution in [0.5, 0.6) is 0 Å². The van der Waals surface area contributed by atoms with E-state index in [9.17, 15) is 13.2 Å². The van der Waals surface area contributed by atoms with Crippen LogP contribution in [0.2, 0.25) is 0 Å². The normalized spacial score (nSPS) is 16.5. The first kappa shape index (κ1) is 21.7. The van der Waals surface area contributed by atoms with Crippen LogP contribution in [0.3, 0.4) is 0 Å². The predicted octanol–water partition coefficient (Wildman–Crippen LogP) is 4.44. The Morgan fingerprint density at radius 2 is 1.65 bits per heavy atom. The van der Waals surface area contributed by atoms with Gasteiger partial charge in [-0.25, -0.2) is 8.42 Å². The molecule has 1 heterocycles. The van der Waals surface area contributed by atoms with Crippen LogP contribution in [0.4, 0.5) is 0 Å². The second-order valence-electron chi connectivity index (χ2n) is 7.50. The number of fused-ring (bicyclic) bond motifs is 1. The fraction of sp³-hybridized carbons (Fsp3) is 0.208. The molecule has 1 aliphatic heterocycles. The van der Waals surface area contributed by atoms with Crippen molar-refractivity contribution in [3.63, 3.8) is 0 Å². The Labute approximate surface area is 191 Å². The Morgan fingerprint density at radius 1 is 0.968 bits per heavy atom. The number of carbonyl (C=O) groups excluding carboxylic acids is 1. The maximum atomic E-state index is 13.5. The maximum absolute atomic E-state index is 13.5. The van der Waals surface area contributed by atoms with Crippen molar-refractivity contribution in [1.82, 2.24) is 9.62 Å². The van der Waals surface area contributed by atoms with Crippen molar-refractivity contribution in [2.45, 2.75) is 30.3 Å². The van der Waals surface area contributed by atoms with Gasteiger partial charge >= 0.3 is 0 Å². The molecule has 0 saturated carbocycles. The summed E-state index contributed by atoms with van der Waals surface area (Å²) in [5.41, 5.74) is 2.98. The summed E-state index contributed by atoms with van der Waals surface area (Å²) in [5, 5.41) is 2.93. The molecule has 1 atom stereocenters. The van der Waals surface area contributed by atoms with Gasteiger partial charge in [-0.2, -0.15) is 4.31 Å². The fourth-order valence-electron chi connectivity index (χ4n) is 3.91. The van der Waals surface area contributed by atoms with Crippen molar-refractivity contribution in [2.75, 3.05) is 6.54 Å². The number of nitrogens with zero attached hydrogens (tertiary/aromatic N) is 1. The highest BCUT2D eigenvalue weighted by molar-refractivity contribution is 9.10. The SMILES string of the molecule is O=C(C[C@@H]1c2ccccc2CCN1S(=O)(=O)c1ccc(Br)cc1)NCc1ccccc1. The number of nitrogens with one attached hydrogen (secondary N) is 1. The summed E-state index contributed by atoms with van der Waals surface area (Å²) in [5.74, 6) is -0.179. The molecule has 0 unspecified atom stereocenters. The second kappa shape index (κ2) is 9.34. The van der Waals surface area contributed by atoms with E-state index in [1.54, 1.807) is 24.3 Å². The molecule has 31 heavy (non-hydrogen) atoms. The van der Waals surface area contributed by atoms with Crippen LogP contribution >= 0.6 is 15.9 Å². The van der Waals surface area contributed by atoms with Crippen LogP contribution in [-0.2, 0) is 27.8 Å². The molecule has 5 nitrogen and oxygen atoms in total. The van der Waals surface area contributed by atoms with Crippen molar-refractivity contribution in [3.8, 4) is 0 Å². The lowest BCUT2D eigenvalue weighted by molar-refractivity contribution is -0.122. The van der Waals surface area contributed by atoms with Crippen molar-refractivity contribution in [2.24, 2.45) is 0 Å². The predicted molar refractivity (Wildman–Crippen MR) is 124 cm³/mol. The van der Waals surface area contributed by atoms with E-state index in [-0.39, 0.29) is 17.2 Å². The zero-order chi connectivity index (χ0) is 21.8. The minimum Gasteiger partial charge on any atom is -0.352 e. The molecule has 160 valence electrons. The molecule has 0 aromatic heterocycles.